The molecule has 0 heterocycles. The van der Waals surface area contributed by atoms with Crippen LogP contribution in [0.1, 0.15) is 68.1 Å². The van der Waals surface area contributed by atoms with Crippen molar-refractivity contribution in [2.24, 2.45) is 5.92 Å². The molecule has 186 valence electrons. The van der Waals surface area contributed by atoms with E-state index in [4.69, 9.17) is 0 Å². The molecule has 1 fully saturated rings. The molecule has 4 rings (SSSR count). The molecular weight excluding hydrogens is 462 g/mol. The van der Waals surface area contributed by atoms with Gasteiger partial charge in [-0.1, -0.05) is 44.0 Å². The van der Waals surface area contributed by atoms with Crippen LogP contribution in [0.2, 0.25) is 0 Å². The topological polar surface area (TPSA) is 0 Å². The zero-order valence-electron chi connectivity index (χ0n) is 19.6. The number of rotatable bonds is 7. The average Bonchev–Trinajstić information content (AvgIpc) is 2.84. The third kappa shape index (κ3) is 5.57. The van der Waals surface area contributed by atoms with E-state index in [1.54, 1.807) is 6.07 Å². The van der Waals surface area contributed by atoms with Crippen molar-refractivity contribution < 1.29 is 26.3 Å². The summed E-state index contributed by atoms with van der Waals surface area (Å²) in [5.41, 5.74) is 1.02. The van der Waals surface area contributed by atoms with Gasteiger partial charge in [-0.2, -0.15) is 0 Å². The van der Waals surface area contributed by atoms with Gasteiger partial charge >= 0.3 is 0 Å². The SMILES string of the molecule is CCCC1CCC(c2ccc(-c3ccc(CCc4cc(F)c(F)c(F)c4)c(F)c3)c(F)c2F)CC1. The van der Waals surface area contributed by atoms with Crippen LogP contribution in [-0.2, 0) is 12.8 Å². The van der Waals surface area contributed by atoms with Crippen LogP contribution in [0.5, 0.6) is 0 Å². The van der Waals surface area contributed by atoms with E-state index in [2.05, 4.69) is 6.92 Å². The van der Waals surface area contributed by atoms with Gasteiger partial charge in [0.15, 0.2) is 29.1 Å². The van der Waals surface area contributed by atoms with E-state index in [1.165, 1.54) is 24.6 Å². The highest BCUT2D eigenvalue weighted by Crippen LogP contribution is 2.40. The van der Waals surface area contributed by atoms with E-state index in [-0.39, 0.29) is 41.0 Å². The lowest BCUT2D eigenvalue weighted by Gasteiger charge is -2.29. The molecule has 0 radical (unpaired) electrons. The van der Waals surface area contributed by atoms with E-state index < -0.39 is 34.9 Å². The summed E-state index contributed by atoms with van der Waals surface area (Å²) >= 11 is 0. The highest BCUT2D eigenvalue weighted by atomic mass is 19.2. The molecule has 35 heavy (non-hydrogen) atoms. The molecule has 0 bridgehead atoms. The summed E-state index contributed by atoms with van der Waals surface area (Å²) in [5, 5.41) is 0. The van der Waals surface area contributed by atoms with Crippen LogP contribution in [0, 0.1) is 40.8 Å². The highest BCUT2D eigenvalue weighted by molar-refractivity contribution is 5.65. The number of hydrogen-bond acceptors (Lipinski definition) is 0. The summed E-state index contributed by atoms with van der Waals surface area (Å²) in [6, 6.07) is 8.95. The average molecular weight is 491 g/mol. The molecule has 1 aliphatic carbocycles. The fourth-order valence-corrected chi connectivity index (χ4v) is 5.22. The molecule has 0 spiro atoms. The minimum atomic E-state index is -1.55. The first kappa shape index (κ1) is 25.3. The second-order valence-corrected chi connectivity index (χ2v) is 9.52. The van der Waals surface area contributed by atoms with Gasteiger partial charge in [0.25, 0.3) is 0 Å². The number of halogens is 6. The molecule has 3 aromatic rings. The van der Waals surface area contributed by atoms with Crippen LogP contribution in [0.4, 0.5) is 26.3 Å². The van der Waals surface area contributed by atoms with Crippen molar-refractivity contribution >= 4 is 0 Å². The predicted molar refractivity (Wildman–Crippen MR) is 125 cm³/mol. The van der Waals surface area contributed by atoms with Crippen LogP contribution in [0.3, 0.4) is 0 Å². The zero-order chi connectivity index (χ0) is 25.1. The quantitative estimate of drug-likeness (QED) is 0.229. The maximum Gasteiger partial charge on any atom is 0.194 e. The number of hydrogen-bond donors (Lipinski definition) is 0. The van der Waals surface area contributed by atoms with Crippen molar-refractivity contribution in [1.82, 2.24) is 0 Å². The van der Waals surface area contributed by atoms with Crippen LogP contribution >= 0.6 is 0 Å². The van der Waals surface area contributed by atoms with Gasteiger partial charge in [-0.15, -0.1) is 0 Å². The van der Waals surface area contributed by atoms with Crippen molar-refractivity contribution in [3.8, 4) is 11.1 Å². The van der Waals surface area contributed by atoms with Crippen molar-refractivity contribution in [2.45, 2.75) is 64.2 Å². The predicted octanol–water partition coefficient (Wildman–Crippen LogP) is 9.05. The molecule has 0 N–H and O–H groups in total. The fourth-order valence-electron chi connectivity index (χ4n) is 5.22. The molecule has 1 aliphatic rings. The monoisotopic (exact) mass is 490 g/mol. The first-order chi connectivity index (χ1) is 16.8. The minimum absolute atomic E-state index is 0.00750. The van der Waals surface area contributed by atoms with Gasteiger partial charge in [0.05, 0.1) is 0 Å². The Labute approximate surface area is 202 Å². The van der Waals surface area contributed by atoms with Gasteiger partial charge in [0, 0.05) is 5.56 Å². The summed E-state index contributed by atoms with van der Waals surface area (Å²) in [4.78, 5) is 0. The van der Waals surface area contributed by atoms with Crippen molar-refractivity contribution in [2.75, 3.05) is 0 Å². The Morgan fingerprint density at radius 3 is 2.00 bits per heavy atom. The summed E-state index contributed by atoms with van der Waals surface area (Å²) in [7, 11) is 0. The molecule has 0 aromatic heterocycles. The van der Waals surface area contributed by atoms with E-state index in [0.717, 1.165) is 50.3 Å². The Bertz CT molecular complexity index is 1170. The summed E-state index contributed by atoms with van der Waals surface area (Å²) < 4.78 is 84.7. The molecular formula is C29H28F6. The molecule has 0 nitrogen and oxygen atoms in total. The molecule has 3 aromatic carbocycles. The van der Waals surface area contributed by atoms with Gasteiger partial charge in [0.1, 0.15) is 5.82 Å². The van der Waals surface area contributed by atoms with Crippen LogP contribution in [0.25, 0.3) is 11.1 Å². The molecule has 6 heteroatoms. The van der Waals surface area contributed by atoms with Crippen LogP contribution < -0.4 is 0 Å². The van der Waals surface area contributed by atoms with Gasteiger partial charge < -0.3 is 0 Å². The lowest BCUT2D eigenvalue weighted by molar-refractivity contribution is 0.303. The molecule has 0 aliphatic heterocycles. The first-order valence-corrected chi connectivity index (χ1v) is 12.2. The maximum atomic E-state index is 15.0. The van der Waals surface area contributed by atoms with E-state index in [9.17, 15) is 17.6 Å². The van der Waals surface area contributed by atoms with Gasteiger partial charge in [-0.3, -0.25) is 0 Å². The molecule has 0 saturated heterocycles. The minimum Gasteiger partial charge on any atom is -0.207 e. The van der Waals surface area contributed by atoms with E-state index >= 15 is 8.78 Å². The maximum absolute atomic E-state index is 15.0. The third-order valence-corrected chi connectivity index (χ3v) is 7.19. The van der Waals surface area contributed by atoms with Crippen LogP contribution in [0.15, 0.2) is 42.5 Å². The Morgan fingerprint density at radius 1 is 0.686 bits per heavy atom. The Hall–Kier alpha value is -2.76. The Morgan fingerprint density at radius 2 is 1.37 bits per heavy atom. The molecule has 0 atom stereocenters. The Kier molecular flexibility index (Phi) is 7.88. The molecule has 0 amide bonds. The normalized spacial score (nSPS) is 18.1. The third-order valence-electron chi connectivity index (χ3n) is 7.19. The van der Waals surface area contributed by atoms with Gasteiger partial charge in [0.2, 0.25) is 0 Å². The second-order valence-electron chi connectivity index (χ2n) is 9.52. The summed E-state index contributed by atoms with van der Waals surface area (Å²) in [6.07, 6.45) is 6.20. The smallest absolute Gasteiger partial charge is 0.194 e. The Balaban J connectivity index is 1.48. The first-order valence-electron chi connectivity index (χ1n) is 12.2. The molecule has 1 saturated carbocycles. The van der Waals surface area contributed by atoms with Crippen molar-refractivity contribution in [3.63, 3.8) is 0 Å². The molecule has 0 unspecified atom stereocenters. The fraction of sp³-hybridized carbons (Fsp3) is 0.379. The van der Waals surface area contributed by atoms with E-state index in [1.807, 2.05) is 0 Å². The number of benzene rings is 3. The zero-order valence-corrected chi connectivity index (χ0v) is 19.6. The lowest BCUT2D eigenvalue weighted by atomic mass is 9.77. The van der Waals surface area contributed by atoms with Crippen molar-refractivity contribution in [1.29, 1.82) is 0 Å². The van der Waals surface area contributed by atoms with Gasteiger partial charge in [-0.05, 0) is 90.8 Å². The largest absolute Gasteiger partial charge is 0.207 e. The van der Waals surface area contributed by atoms with E-state index in [0.29, 0.717) is 11.5 Å². The van der Waals surface area contributed by atoms with Crippen molar-refractivity contribution in [3.05, 3.63) is 94.1 Å². The number of aryl methyl sites for hydroxylation is 2. The second kappa shape index (κ2) is 10.9. The van der Waals surface area contributed by atoms with Gasteiger partial charge in [-0.25, -0.2) is 26.3 Å². The summed E-state index contributed by atoms with van der Waals surface area (Å²) in [5.74, 6) is -5.99. The standard InChI is InChI=1S/C29H28F6/c1-2-3-17-4-7-19(8-5-17)22-12-13-23(28(34)27(22)33)21-11-10-20(24(30)16-21)9-6-18-14-25(31)29(35)26(32)15-18/h10-17,19H,2-9H2,1H3. The highest BCUT2D eigenvalue weighted by Gasteiger charge is 2.26. The lowest BCUT2D eigenvalue weighted by Crippen LogP contribution is -2.15. The summed E-state index contributed by atoms with van der Waals surface area (Å²) in [6.45, 7) is 2.16. The van der Waals surface area contributed by atoms with Crippen LogP contribution in [-0.4, -0.2) is 0 Å².